The molecule has 5 nitrogen and oxygen atoms in total. The van der Waals surface area contributed by atoms with Crippen LogP contribution in [0.25, 0.3) is 0 Å². The Kier molecular flexibility index (Phi) is 4.25. The lowest BCUT2D eigenvalue weighted by atomic mass is 10.1. The molecule has 0 aliphatic rings. The molecule has 0 aliphatic heterocycles. The highest BCUT2D eigenvalue weighted by atomic mass is 16.6. The number of hydrogen-bond acceptors (Lipinski definition) is 4. The highest BCUT2D eigenvalue weighted by Crippen LogP contribution is 2.24. The van der Waals surface area contributed by atoms with Gasteiger partial charge in [-0.2, -0.15) is 0 Å². The molecule has 0 bridgehead atoms. The molecule has 0 atom stereocenters. The average Bonchev–Trinajstić information content (AvgIpc) is 2.26. The van der Waals surface area contributed by atoms with Gasteiger partial charge in [-0.15, -0.1) is 0 Å². The van der Waals surface area contributed by atoms with Crippen molar-refractivity contribution in [1.29, 1.82) is 0 Å². The molecule has 0 aromatic heterocycles. The van der Waals surface area contributed by atoms with E-state index in [0.29, 0.717) is 6.54 Å². The number of nitrogens with two attached hydrogens (primary N) is 1. The summed E-state index contributed by atoms with van der Waals surface area (Å²) in [4.78, 5) is 12.3. The molecule has 0 radical (unpaired) electrons. The van der Waals surface area contributed by atoms with Gasteiger partial charge in [0.15, 0.2) is 0 Å². The molecule has 2 N–H and O–H groups in total. The fraction of sp³-hybridized carbons (Fsp3) is 0.455. The fourth-order valence-corrected chi connectivity index (χ4v) is 1.71. The second-order valence-electron chi connectivity index (χ2n) is 3.60. The van der Waals surface area contributed by atoms with Crippen molar-refractivity contribution in [2.24, 2.45) is 5.73 Å². The lowest BCUT2D eigenvalue weighted by Crippen LogP contribution is -2.29. The van der Waals surface area contributed by atoms with E-state index in [1.165, 1.54) is 6.07 Å². The van der Waals surface area contributed by atoms with E-state index in [1.807, 2.05) is 13.8 Å². The summed E-state index contributed by atoms with van der Waals surface area (Å²) in [7, 11) is 0. The third kappa shape index (κ3) is 2.70. The maximum Gasteiger partial charge on any atom is 0.269 e. The van der Waals surface area contributed by atoms with E-state index in [1.54, 1.807) is 12.1 Å². The minimum absolute atomic E-state index is 0.130. The van der Waals surface area contributed by atoms with Gasteiger partial charge in [-0.05, 0) is 25.5 Å². The maximum absolute atomic E-state index is 10.6. The van der Waals surface area contributed by atoms with Crippen LogP contribution in [-0.4, -0.2) is 24.6 Å². The Morgan fingerprint density at radius 2 is 2.19 bits per heavy atom. The summed E-state index contributed by atoms with van der Waals surface area (Å²) < 4.78 is 0. The first kappa shape index (κ1) is 12.4. The number of benzene rings is 1. The van der Waals surface area contributed by atoms with Crippen LogP contribution >= 0.6 is 0 Å². The normalized spacial score (nSPS) is 10.2. The van der Waals surface area contributed by atoms with Gasteiger partial charge in [-0.25, -0.2) is 0 Å². The molecule has 16 heavy (non-hydrogen) atoms. The number of non-ortho nitro benzene ring substituents is 1. The zero-order chi connectivity index (χ0) is 12.1. The van der Waals surface area contributed by atoms with Crippen LogP contribution in [0.3, 0.4) is 0 Å². The van der Waals surface area contributed by atoms with Gasteiger partial charge < -0.3 is 10.6 Å². The van der Waals surface area contributed by atoms with Crippen LogP contribution in [0.5, 0.6) is 0 Å². The molecule has 0 fully saturated rings. The van der Waals surface area contributed by atoms with Crippen molar-refractivity contribution >= 4 is 11.4 Å². The predicted octanol–water partition coefficient (Wildman–Crippen LogP) is 1.69. The van der Waals surface area contributed by atoms with Gasteiger partial charge in [-0.3, -0.25) is 10.1 Å². The molecular weight excluding hydrogens is 206 g/mol. The molecular formula is C11H17N3O2. The molecule has 0 unspecified atom stereocenters. The average molecular weight is 223 g/mol. The third-order valence-corrected chi connectivity index (χ3v) is 2.51. The molecule has 1 rings (SSSR count). The molecule has 0 heterocycles. The van der Waals surface area contributed by atoms with Gasteiger partial charge in [0, 0.05) is 37.5 Å². The first-order valence-electron chi connectivity index (χ1n) is 5.30. The van der Waals surface area contributed by atoms with Crippen LogP contribution in [0.1, 0.15) is 12.5 Å². The van der Waals surface area contributed by atoms with Gasteiger partial charge in [-0.1, -0.05) is 0 Å². The summed E-state index contributed by atoms with van der Waals surface area (Å²) in [5.74, 6) is 0. The number of anilines is 1. The van der Waals surface area contributed by atoms with Crippen LogP contribution in [0.15, 0.2) is 18.2 Å². The Morgan fingerprint density at radius 3 is 2.62 bits per heavy atom. The maximum atomic E-state index is 10.6. The smallest absolute Gasteiger partial charge is 0.269 e. The molecule has 0 saturated heterocycles. The summed E-state index contributed by atoms with van der Waals surface area (Å²) in [6.07, 6.45) is 0. The topological polar surface area (TPSA) is 72.4 Å². The van der Waals surface area contributed by atoms with Gasteiger partial charge in [0.25, 0.3) is 5.69 Å². The molecule has 0 amide bonds. The quantitative estimate of drug-likeness (QED) is 0.609. The highest BCUT2D eigenvalue weighted by molar-refractivity contribution is 5.57. The largest absolute Gasteiger partial charge is 0.370 e. The number of likely N-dealkylation sites (N-methyl/N-ethyl adjacent to an activating group) is 1. The Balaban J connectivity index is 3.01. The second-order valence-corrected chi connectivity index (χ2v) is 3.60. The molecule has 88 valence electrons. The Morgan fingerprint density at radius 1 is 1.50 bits per heavy atom. The van der Waals surface area contributed by atoms with Crippen LogP contribution < -0.4 is 10.6 Å². The first-order valence-corrected chi connectivity index (χ1v) is 5.30. The minimum Gasteiger partial charge on any atom is -0.370 e. The Labute approximate surface area is 95.0 Å². The van der Waals surface area contributed by atoms with Crippen LogP contribution in [0, 0.1) is 17.0 Å². The van der Waals surface area contributed by atoms with Crippen molar-refractivity contribution in [3.05, 3.63) is 33.9 Å². The van der Waals surface area contributed by atoms with Crippen molar-refractivity contribution in [2.45, 2.75) is 13.8 Å². The standard InChI is InChI=1S/C11H17N3O2/c1-3-13(7-6-12)11-5-4-10(14(15)16)8-9(11)2/h4-5,8H,3,6-7,12H2,1-2H3. The Hall–Kier alpha value is -1.62. The van der Waals surface area contributed by atoms with Crippen molar-refractivity contribution in [3.63, 3.8) is 0 Å². The lowest BCUT2D eigenvalue weighted by molar-refractivity contribution is -0.384. The van der Waals surface area contributed by atoms with Crippen molar-refractivity contribution < 1.29 is 4.92 Å². The van der Waals surface area contributed by atoms with E-state index < -0.39 is 0 Å². The monoisotopic (exact) mass is 223 g/mol. The Bertz CT molecular complexity index is 379. The highest BCUT2D eigenvalue weighted by Gasteiger charge is 2.11. The van der Waals surface area contributed by atoms with Gasteiger partial charge in [0.05, 0.1) is 4.92 Å². The van der Waals surface area contributed by atoms with E-state index in [2.05, 4.69) is 4.90 Å². The molecule has 0 spiro atoms. The second kappa shape index (κ2) is 5.46. The van der Waals surface area contributed by atoms with Crippen LogP contribution in [0.2, 0.25) is 0 Å². The van der Waals surface area contributed by atoms with E-state index in [0.717, 1.165) is 24.3 Å². The summed E-state index contributed by atoms with van der Waals surface area (Å²) in [6.45, 7) is 6.09. The van der Waals surface area contributed by atoms with Crippen LogP contribution in [-0.2, 0) is 0 Å². The molecule has 5 heteroatoms. The minimum atomic E-state index is -0.379. The number of nitro benzene ring substituents is 1. The number of hydrogen-bond donors (Lipinski definition) is 1. The molecule has 1 aromatic rings. The van der Waals surface area contributed by atoms with E-state index in [-0.39, 0.29) is 10.6 Å². The van der Waals surface area contributed by atoms with Crippen molar-refractivity contribution in [2.75, 3.05) is 24.5 Å². The number of nitrogens with zero attached hydrogens (tertiary/aromatic N) is 2. The summed E-state index contributed by atoms with van der Waals surface area (Å²) in [5.41, 5.74) is 7.57. The zero-order valence-corrected chi connectivity index (χ0v) is 9.64. The first-order chi connectivity index (χ1) is 7.60. The summed E-state index contributed by atoms with van der Waals surface area (Å²) in [6, 6.07) is 4.91. The molecule has 0 aliphatic carbocycles. The van der Waals surface area contributed by atoms with Gasteiger partial charge >= 0.3 is 0 Å². The van der Waals surface area contributed by atoms with Crippen molar-refractivity contribution in [3.8, 4) is 0 Å². The van der Waals surface area contributed by atoms with E-state index in [4.69, 9.17) is 5.73 Å². The van der Waals surface area contributed by atoms with Crippen LogP contribution in [0.4, 0.5) is 11.4 Å². The predicted molar refractivity (Wildman–Crippen MR) is 64.8 cm³/mol. The third-order valence-electron chi connectivity index (χ3n) is 2.51. The molecule has 1 aromatic carbocycles. The lowest BCUT2D eigenvalue weighted by Gasteiger charge is -2.23. The SMILES string of the molecule is CCN(CCN)c1ccc([N+](=O)[O-])cc1C. The van der Waals surface area contributed by atoms with Gasteiger partial charge in [0.1, 0.15) is 0 Å². The summed E-state index contributed by atoms with van der Waals surface area (Å²) in [5, 5.41) is 10.6. The number of rotatable bonds is 5. The number of aryl methyl sites for hydroxylation is 1. The van der Waals surface area contributed by atoms with E-state index >= 15 is 0 Å². The summed E-state index contributed by atoms with van der Waals surface area (Å²) >= 11 is 0. The van der Waals surface area contributed by atoms with Crippen molar-refractivity contribution in [1.82, 2.24) is 0 Å². The van der Waals surface area contributed by atoms with E-state index in [9.17, 15) is 10.1 Å². The zero-order valence-electron chi connectivity index (χ0n) is 9.64. The molecule has 0 saturated carbocycles. The number of nitro groups is 1. The fourth-order valence-electron chi connectivity index (χ4n) is 1.71. The van der Waals surface area contributed by atoms with Gasteiger partial charge in [0.2, 0.25) is 0 Å².